The van der Waals surface area contributed by atoms with Crippen LogP contribution in [0.5, 0.6) is 0 Å². The minimum atomic E-state index is -0.414. The minimum absolute atomic E-state index is 0.231. The van der Waals surface area contributed by atoms with Crippen molar-refractivity contribution in [2.45, 2.75) is 19.6 Å². The lowest BCUT2D eigenvalue weighted by Gasteiger charge is -2.23. The molecule has 1 atom stereocenters. The van der Waals surface area contributed by atoms with E-state index < -0.39 is 6.09 Å². The fraction of sp³-hybridized carbons (Fsp3) is 0.235. The summed E-state index contributed by atoms with van der Waals surface area (Å²) in [6, 6.07) is 9.27. The van der Waals surface area contributed by atoms with Gasteiger partial charge >= 0.3 is 6.09 Å². The zero-order chi connectivity index (χ0) is 17.1. The third-order valence-electron chi connectivity index (χ3n) is 3.89. The zero-order valence-electron chi connectivity index (χ0n) is 13.4. The molecule has 0 bridgehead atoms. The van der Waals surface area contributed by atoms with Crippen LogP contribution in [0.2, 0.25) is 5.15 Å². The molecule has 1 amide bonds. The quantitative estimate of drug-likeness (QED) is 0.723. The molecule has 0 aliphatic rings. The number of hydrogen-bond donors (Lipinski definition) is 0. The van der Waals surface area contributed by atoms with Gasteiger partial charge in [0.05, 0.1) is 12.2 Å². The molecule has 24 heavy (non-hydrogen) atoms. The van der Waals surface area contributed by atoms with Crippen molar-refractivity contribution >= 4 is 23.2 Å². The number of rotatable bonds is 4. The molecule has 0 radical (unpaired) electrons. The van der Waals surface area contributed by atoms with E-state index in [0.29, 0.717) is 16.5 Å². The molecule has 0 saturated carbocycles. The lowest BCUT2D eigenvalue weighted by molar-refractivity contribution is 0.0921. The Hall–Kier alpha value is -2.60. The van der Waals surface area contributed by atoms with Crippen molar-refractivity contribution in [3.63, 3.8) is 0 Å². The first kappa shape index (κ1) is 16.3. The van der Waals surface area contributed by atoms with E-state index in [4.69, 9.17) is 16.3 Å². The number of nitrogens with zero attached hydrogens (tertiary/aromatic N) is 4. The summed E-state index contributed by atoms with van der Waals surface area (Å²) < 4.78 is 7.18. The molecule has 3 aromatic rings. The number of imidazole rings is 1. The van der Waals surface area contributed by atoms with Crippen molar-refractivity contribution in [3.8, 4) is 0 Å². The third-order valence-corrected chi connectivity index (χ3v) is 4.18. The van der Waals surface area contributed by atoms with Gasteiger partial charge in [0.15, 0.2) is 5.15 Å². The van der Waals surface area contributed by atoms with E-state index in [-0.39, 0.29) is 12.6 Å². The Kier molecular flexibility index (Phi) is 4.66. The van der Waals surface area contributed by atoms with Crippen LogP contribution in [-0.4, -0.2) is 32.4 Å². The van der Waals surface area contributed by atoms with Crippen LogP contribution in [0.15, 0.2) is 48.9 Å². The summed E-state index contributed by atoms with van der Waals surface area (Å²) in [4.78, 5) is 22.2. The molecule has 0 spiro atoms. The predicted molar refractivity (Wildman–Crippen MR) is 90.8 cm³/mol. The monoisotopic (exact) mass is 344 g/mol. The number of ether oxygens (including phenoxy) is 1. The lowest BCUT2D eigenvalue weighted by Crippen LogP contribution is -2.31. The van der Waals surface area contributed by atoms with Gasteiger partial charge in [-0.1, -0.05) is 41.9 Å². The van der Waals surface area contributed by atoms with Crippen LogP contribution in [0.3, 0.4) is 0 Å². The molecule has 1 aromatic carbocycles. The highest BCUT2D eigenvalue weighted by molar-refractivity contribution is 6.32. The van der Waals surface area contributed by atoms with Gasteiger partial charge in [-0.15, -0.1) is 0 Å². The molecule has 0 N–H and O–H groups in total. The smallest absolute Gasteiger partial charge is 0.410 e. The standard InChI is InChI=1S/C17H17ClN4O2/c1-12(16-20-10-14-15(18)19-8-9-22(14)16)21(2)17(23)24-11-13-6-4-3-5-7-13/h3-10,12H,11H2,1-2H3. The second-order valence-corrected chi connectivity index (χ2v) is 5.77. The summed E-state index contributed by atoms with van der Waals surface area (Å²) in [6.45, 7) is 2.11. The lowest BCUT2D eigenvalue weighted by atomic mass is 10.2. The van der Waals surface area contributed by atoms with Gasteiger partial charge in [0, 0.05) is 19.4 Å². The van der Waals surface area contributed by atoms with Crippen molar-refractivity contribution in [3.05, 3.63) is 65.5 Å². The van der Waals surface area contributed by atoms with Gasteiger partial charge in [0.2, 0.25) is 0 Å². The molecule has 0 aliphatic heterocycles. The number of amides is 1. The first-order valence-corrected chi connectivity index (χ1v) is 7.86. The van der Waals surface area contributed by atoms with Crippen molar-refractivity contribution in [2.24, 2.45) is 0 Å². The number of benzene rings is 1. The summed E-state index contributed by atoms with van der Waals surface area (Å²) in [5.41, 5.74) is 1.64. The van der Waals surface area contributed by atoms with Gasteiger partial charge < -0.3 is 9.64 Å². The van der Waals surface area contributed by atoms with Crippen LogP contribution >= 0.6 is 11.6 Å². The first-order chi connectivity index (χ1) is 11.6. The van der Waals surface area contributed by atoms with Crippen LogP contribution in [-0.2, 0) is 11.3 Å². The van der Waals surface area contributed by atoms with E-state index in [1.165, 1.54) is 4.90 Å². The fourth-order valence-corrected chi connectivity index (χ4v) is 2.57. The van der Waals surface area contributed by atoms with Crippen molar-refractivity contribution < 1.29 is 9.53 Å². The zero-order valence-corrected chi connectivity index (χ0v) is 14.1. The third kappa shape index (κ3) is 3.19. The maximum absolute atomic E-state index is 12.3. The molecule has 0 aliphatic carbocycles. The molecule has 7 heteroatoms. The highest BCUT2D eigenvalue weighted by Gasteiger charge is 2.23. The maximum atomic E-state index is 12.3. The Morgan fingerprint density at radius 1 is 1.33 bits per heavy atom. The normalized spacial score (nSPS) is 12.1. The molecule has 1 unspecified atom stereocenters. The topological polar surface area (TPSA) is 59.7 Å². The average Bonchev–Trinajstić information content (AvgIpc) is 3.04. The Morgan fingerprint density at radius 2 is 2.08 bits per heavy atom. The van der Waals surface area contributed by atoms with E-state index in [9.17, 15) is 4.79 Å². The Labute approximate surface area is 144 Å². The van der Waals surface area contributed by atoms with Gasteiger partial charge in [-0.3, -0.25) is 4.40 Å². The van der Waals surface area contributed by atoms with E-state index in [0.717, 1.165) is 5.56 Å². The van der Waals surface area contributed by atoms with E-state index in [1.54, 1.807) is 25.6 Å². The SMILES string of the molecule is CC(c1ncc2c(Cl)nccn12)N(C)C(=O)OCc1ccccc1. The molecular formula is C17H17ClN4O2. The summed E-state index contributed by atoms with van der Waals surface area (Å²) >= 11 is 6.06. The minimum Gasteiger partial charge on any atom is -0.445 e. The molecular weight excluding hydrogens is 328 g/mol. The molecule has 2 aromatic heterocycles. The molecule has 0 fully saturated rings. The van der Waals surface area contributed by atoms with Gasteiger partial charge in [-0.2, -0.15) is 0 Å². The van der Waals surface area contributed by atoms with Crippen molar-refractivity contribution in [1.29, 1.82) is 0 Å². The van der Waals surface area contributed by atoms with Crippen LogP contribution in [0.1, 0.15) is 24.4 Å². The number of hydrogen-bond acceptors (Lipinski definition) is 4. The van der Waals surface area contributed by atoms with Crippen molar-refractivity contribution in [2.75, 3.05) is 7.05 Å². The number of fused-ring (bicyclic) bond motifs is 1. The summed E-state index contributed by atoms with van der Waals surface area (Å²) in [7, 11) is 1.68. The fourth-order valence-electron chi connectivity index (χ4n) is 2.38. The number of aromatic nitrogens is 3. The predicted octanol–water partition coefficient (Wildman–Crippen LogP) is 3.71. The number of halogens is 1. The Balaban J connectivity index is 1.72. The Bertz CT molecular complexity index is 850. The van der Waals surface area contributed by atoms with Gasteiger partial charge in [0.25, 0.3) is 0 Å². The molecule has 3 rings (SSSR count). The second-order valence-electron chi connectivity index (χ2n) is 5.42. The van der Waals surface area contributed by atoms with Gasteiger partial charge in [0.1, 0.15) is 17.9 Å². The van der Waals surface area contributed by atoms with Crippen LogP contribution in [0.4, 0.5) is 4.79 Å². The van der Waals surface area contributed by atoms with Gasteiger partial charge in [-0.05, 0) is 12.5 Å². The number of carbonyl (C=O) groups excluding carboxylic acids is 1. The van der Waals surface area contributed by atoms with Crippen LogP contribution in [0, 0.1) is 0 Å². The highest BCUT2D eigenvalue weighted by Crippen LogP contribution is 2.22. The second kappa shape index (κ2) is 6.88. The molecule has 2 heterocycles. The maximum Gasteiger partial charge on any atom is 0.410 e. The van der Waals surface area contributed by atoms with E-state index in [2.05, 4.69) is 9.97 Å². The van der Waals surface area contributed by atoms with Gasteiger partial charge in [-0.25, -0.2) is 14.8 Å². The summed E-state index contributed by atoms with van der Waals surface area (Å²) in [5.74, 6) is 0.688. The largest absolute Gasteiger partial charge is 0.445 e. The summed E-state index contributed by atoms with van der Waals surface area (Å²) in [6.07, 6.45) is 4.59. The van der Waals surface area contributed by atoms with Crippen LogP contribution < -0.4 is 0 Å². The molecule has 124 valence electrons. The average molecular weight is 345 g/mol. The van der Waals surface area contributed by atoms with E-state index >= 15 is 0 Å². The Morgan fingerprint density at radius 3 is 2.83 bits per heavy atom. The number of carbonyl (C=O) groups is 1. The van der Waals surface area contributed by atoms with Crippen molar-refractivity contribution in [1.82, 2.24) is 19.3 Å². The van der Waals surface area contributed by atoms with E-state index in [1.807, 2.05) is 41.7 Å². The molecule has 6 nitrogen and oxygen atoms in total. The highest BCUT2D eigenvalue weighted by atomic mass is 35.5. The summed E-state index contributed by atoms with van der Waals surface area (Å²) in [5, 5.41) is 0.373. The van der Waals surface area contributed by atoms with Crippen LogP contribution in [0.25, 0.3) is 5.52 Å². The molecule has 0 saturated heterocycles. The first-order valence-electron chi connectivity index (χ1n) is 7.49.